The van der Waals surface area contributed by atoms with E-state index >= 15 is 0 Å². The Bertz CT molecular complexity index is 896. The molecule has 1 heterocycles. The minimum atomic E-state index is -3.66. The van der Waals surface area contributed by atoms with Gasteiger partial charge >= 0.3 is 0 Å². The molecule has 2 aromatic rings. The molecule has 3 atom stereocenters. The molecular weight excluding hydrogens is 334 g/mol. The lowest BCUT2D eigenvalue weighted by molar-refractivity contribution is 0.0960. The summed E-state index contributed by atoms with van der Waals surface area (Å²) in [5, 5.41) is 0. The lowest BCUT2D eigenvalue weighted by atomic mass is 9.88. The first kappa shape index (κ1) is 17.7. The number of carbonyl (C=O) groups is 1. The number of benzene rings is 1. The lowest BCUT2D eigenvalue weighted by Crippen LogP contribution is -2.13. The molecular formula is C20H23NO3S. The third kappa shape index (κ3) is 3.33. The SMILES string of the molecule is C=C1C(CC(=O)c2ccn(S(=O)(=O)c3ccccc3)c2)[C@H](C)C[C@@H]1C. The molecule has 1 unspecified atom stereocenters. The van der Waals surface area contributed by atoms with Gasteiger partial charge in [0.1, 0.15) is 0 Å². The summed E-state index contributed by atoms with van der Waals surface area (Å²) in [6.07, 6.45) is 4.29. The number of rotatable bonds is 5. The van der Waals surface area contributed by atoms with Crippen molar-refractivity contribution in [1.82, 2.24) is 3.97 Å². The molecule has 0 aliphatic heterocycles. The third-order valence-electron chi connectivity index (χ3n) is 5.23. The van der Waals surface area contributed by atoms with Gasteiger partial charge in [0, 0.05) is 24.4 Å². The van der Waals surface area contributed by atoms with Gasteiger partial charge < -0.3 is 0 Å². The predicted molar refractivity (Wildman–Crippen MR) is 98.0 cm³/mol. The number of carbonyl (C=O) groups excluding carboxylic acids is 1. The van der Waals surface area contributed by atoms with Crippen molar-refractivity contribution < 1.29 is 13.2 Å². The normalized spacial score (nSPS) is 23.8. The number of hydrogen-bond acceptors (Lipinski definition) is 3. The second kappa shape index (κ2) is 6.64. The third-order valence-corrected chi connectivity index (χ3v) is 6.88. The fourth-order valence-corrected chi connectivity index (χ4v) is 4.88. The standard InChI is InChI=1S/C20H23NO3S/c1-14-11-15(2)19(16(14)3)12-20(22)17-9-10-21(13-17)25(23,24)18-7-5-4-6-8-18/h4-10,13-15,19H,3,11-12H2,1-2H3/t14-,15+,19?/m0/s1. The van der Waals surface area contributed by atoms with Gasteiger partial charge in [-0.3, -0.25) is 4.79 Å². The van der Waals surface area contributed by atoms with Crippen LogP contribution in [0.1, 0.15) is 37.0 Å². The van der Waals surface area contributed by atoms with E-state index in [2.05, 4.69) is 20.4 Å². The van der Waals surface area contributed by atoms with E-state index in [1.165, 1.54) is 12.4 Å². The number of aromatic nitrogens is 1. The summed E-state index contributed by atoms with van der Waals surface area (Å²) in [6.45, 7) is 8.44. The van der Waals surface area contributed by atoms with Crippen molar-refractivity contribution in [3.05, 3.63) is 66.5 Å². The lowest BCUT2D eigenvalue weighted by Gasteiger charge is -2.15. The smallest absolute Gasteiger partial charge is 0.267 e. The summed E-state index contributed by atoms with van der Waals surface area (Å²) in [4.78, 5) is 12.8. The van der Waals surface area contributed by atoms with E-state index in [1.807, 2.05) is 0 Å². The van der Waals surface area contributed by atoms with Crippen molar-refractivity contribution in [3.63, 3.8) is 0 Å². The number of hydrogen-bond donors (Lipinski definition) is 0. The topological polar surface area (TPSA) is 56.1 Å². The Labute approximate surface area is 149 Å². The molecule has 0 amide bonds. The Morgan fingerprint density at radius 3 is 2.48 bits per heavy atom. The van der Waals surface area contributed by atoms with Gasteiger partial charge in [-0.15, -0.1) is 0 Å². The van der Waals surface area contributed by atoms with E-state index in [9.17, 15) is 13.2 Å². The van der Waals surface area contributed by atoms with Crippen LogP contribution in [0.5, 0.6) is 0 Å². The summed E-state index contributed by atoms with van der Waals surface area (Å²) < 4.78 is 26.3. The van der Waals surface area contributed by atoms with Crippen molar-refractivity contribution in [2.45, 2.75) is 31.6 Å². The van der Waals surface area contributed by atoms with Crippen molar-refractivity contribution in [2.75, 3.05) is 0 Å². The zero-order valence-corrected chi connectivity index (χ0v) is 15.4. The van der Waals surface area contributed by atoms with E-state index < -0.39 is 10.0 Å². The molecule has 132 valence electrons. The van der Waals surface area contributed by atoms with Gasteiger partial charge in [-0.2, -0.15) is 0 Å². The summed E-state index contributed by atoms with van der Waals surface area (Å²) in [5.41, 5.74) is 1.57. The number of Topliss-reactive ketones (excluding diaryl/α,β-unsaturated/α-hetero) is 1. The van der Waals surface area contributed by atoms with Crippen LogP contribution in [-0.2, 0) is 10.0 Å². The molecule has 0 radical (unpaired) electrons. The Balaban J connectivity index is 1.80. The van der Waals surface area contributed by atoms with Crippen LogP contribution in [0.25, 0.3) is 0 Å². The molecule has 4 nitrogen and oxygen atoms in total. The molecule has 1 aromatic heterocycles. The molecule has 0 spiro atoms. The molecule has 25 heavy (non-hydrogen) atoms. The first-order valence-corrected chi connectivity index (χ1v) is 9.95. The molecule has 0 saturated heterocycles. The number of allylic oxidation sites excluding steroid dienone is 1. The molecule has 0 bridgehead atoms. The molecule has 1 fully saturated rings. The molecule has 1 aliphatic carbocycles. The molecule has 1 saturated carbocycles. The molecule has 1 aliphatic rings. The summed E-state index contributed by atoms with van der Waals surface area (Å²) in [7, 11) is -3.66. The van der Waals surface area contributed by atoms with Gasteiger partial charge in [0.2, 0.25) is 0 Å². The second-order valence-electron chi connectivity index (χ2n) is 6.97. The first-order valence-electron chi connectivity index (χ1n) is 8.51. The Hall–Kier alpha value is -2.14. The van der Waals surface area contributed by atoms with E-state index in [1.54, 1.807) is 36.4 Å². The van der Waals surface area contributed by atoms with Crippen LogP contribution in [0, 0.1) is 17.8 Å². The Morgan fingerprint density at radius 2 is 1.88 bits per heavy atom. The highest BCUT2D eigenvalue weighted by atomic mass is 32.2. The maximum atomic E-state index is 12.6. The van der Waals surface area contributed by atoms with Crippen LogP contribution >= 0.6 is 0 Å². The first-order chi connectivity index (χ1) is 11.8. The minimum absolute atomic E-state index is 0.0332. The fourth-order valence-electron chi connectivity index (χ4n) is 3.66. The van der Waals surface area contributed by atoms with Gasteiger partial charge in [-0.05, 0) is 42.4 Å². The maximum absolute atomic E-state index is 12.6. The van der Waals surface area contributed by atoms with Crippen LogP contribution < -0.4 is 0 Å². The van der Waals surface area contributed by atoms with E-state index in [4.69, 9.17) is 0 Å². The largest absolute Gasteiger partial charge is 0.294 e. The number of ketones is 1. The highest BCUT2D eigenvalue weighted by Gasteiger charge is 2.34. The van der Waals surface area contributed by atoms with E-state index in [0.29, 0.717) is 23.8 Å². The van der Waals surface area contributed by atoms with Crippen molar-refractivity contribution >= 4 is 15.8 Å². The Morgan fingerprint density at radius 1 is 1.20 bits per heavy atom. The zero-order chi connectivity index (χ0) is 18.2. The molecule has 1 aromatic carbocycles. The summed E-state index contributed by atoms with van der Waals surface area (Å²) >= 11 is 0. The van der Waals surface area contributed by atoms with E-state index in [0.717, 1.165) is 16.0 Å². The van der Waals surface area contributed by atoms with Crippen LogP contribution in [0.15, 0.2) is 65.8 Å². The average Bonchev–Trinajstić information content (AvgIpc) is 3.18. The zero-order valence-electron chi connectivity index (χ0n) is 14.6. The van der Waals surface area contributed by atoms with Crippen LogP contribution in [0.3, 0.4) is 0 Å². The summed E-state index contributed by atoms with van der Waals surface area (Å²) in [5.74, 6) is 1.02. The van der Waals surface area contributed by atoms with Gasteiger partial charge in [-0.1, -0.05) is 44.2 Å². The van der Waals surface area contributed by atoms with Gasteiger partial charge in [0.15, 0.2) is 5.78 Å². The van der Waals surface area contributed by atoms with Gasteiger partial charge in [-0.25, -0.2) is 12.4 Å². The molecule has 5 heteroatoms. The van der Waals surface area contributed by atoms with Crippen molar-refractivity contribution in [1.29, 1.82) is 0 Å². The van der Waals surface area contributed by atoms with Gasteiger partial charge in [0.05, 0.1) is 4.90 Å². The molecule has 0 N–H and O–H groups in total. The minimum Gasteiger partial charge on any atom is -0.294 e. The van der Waals surface area contributed by atoms with Crippen molar-refractivity contribution in [2.24, 2.45) is 17.8 Å². The Kier molecular flexibility index (Phi) is 4.69. The fraction of sp³-hybridized carbons (Fsp3) is 0.350. The quantitative estimate of drug-likeness (QED) is 0.597. The van der Waals surface area contributed by atoms with Crippen LogP contribution in [0.2, 0.25) is 0 Å². The predicted octanol–water partition coefficient (Wildman–Crippen LogP) is 4.15. The second-order valence-corrected chi connectivity index (χ2v) is 8.81. The van der Waals surface area contributed by atoms with E-state index in [-0.39, 0.29) is 16.6 Å². The highest BCUT2D eigenvalue weighted by molar-refractivity contribution is 7.90. The van der Waals surface area contributed by atoms with Crippen LogP contribution in [0.4, 0.5) is 0 Å². The van der Waals surface area contributed by atoms with Gasteiger partial charge in [0.25, 0.3) is 10.0 Å². The summed E-state index contributed by atoms with van der Waals surface area (Å²) in [6, 6.07) is 9.78. The monoisotopic (exact) mass is 357 g/mol. The average molecular weight is 357 g/mol. The van der Waals surface area contributed by atoms with Crippen LogP contribution in [-0.4, -0.2) is 18.2 Å². The molecule has 3 rings (SSSR count). The number of nitrogens with zero attached hydrogens (tertiary/aromatic N) is 1. The maximum Gasteiger partial charge on any atom is 0.267 e. The van der Waals surface area contributed by atoms with Crippen molar-refractivity contribution in [3.8, 4) is 0 Å². The highest BCUT2D eigenvalue weighted by Crippen LogP contribution is 2.42.